The maximum Gasteiger partial charge on any atom is 0.305 e. The second kappa shape index (κ2) is 3.59. The van der Waals surface area contributed by atoms with E-state index in [0.717, 1.165) is 6.42 Å². The van der Waals surface area contributed by atoms with Crippen LogP contribution in [0.4, 0.5) is 0 Å². The van der Waals surface area contributed by atoms with Crippen LogP contribution in [-0.2, 0) is 9.53 Å². The van der Waals surface area contributed by atoms with Crippen molar-refractivity contribution in [1.82, 2.24) is 0 Å². The van der Waals surface area contributed by atoms with Crippen molar-refractivity contribution >= 4 is 5.97 Å². The Labute approximate surface area is 61.6 Å². The van der Waals surface area contributed by atoms with Gasteiger partial charge in [0.25, 0.3) is 0 Å². The van der Waals surface area contributed by atoms with Gasteiger partial charge in [-0.25, -0.2) is 0 Å². The van der Waals surface area contributed by atoms with Crippen LogP contribution in [-0.4, -0.2) is 12.6 Å². The first-order valence-corrected chi connectivity index (χ1v) is 3.98. The molecule has 0 bridgehead atoms. The second-order valence-electron chi connectivity index (χ2n) is 2.88. The molecule has 0 saturated heterocycles. The molecule has 1 rings (SSSR count). The van der Waals surface area contributed by atoms with E-state index in [0.29, 0.717) is 18.9 Å². The van der Waals surface area contributed by atoms with Crippen molar-refractivity contribution in [3.8, 4) is 0 Å². The highest BCUT2D eigenvalue weighted by Gasteiger charge is 2.22. The molecule has 0 N–H and O–H groups in total. The highest BCUT2D eigenvalue weighted by atomic mass is 16.5. The SMILES string of the molecule is CCCC(=O)OCC1CC1. The van der Waals surface area contributed by atoms with Crippen molar-refractivity contribution < 1.29 is 9.53 Å². The van der Waals surface area contributed by atoms with Gasteiger partial charge in [0.15, 0.2) is 0 Å². The Kier molecular flexibility index (Phi) is 2.72. The van der Waals surface area contributed by atoms with E-state index in [9.17, 15) is 4.79 Å². The van der Waals surface area contributed by atoms with Gasteiger partial charge >= 0.3 is 5.97 Å². The first-order chi connectivity index (χ1) is 4.83. The summed E-state index contributed by atoms with van der Waals surface area (Å²) >= 11 is 0. The van der Waals surface area contributed by atoms with E-state index in [-0.39, 0.29) is 5.97 Å². The van der Waals surface area contributed by atoms with Crippen molar-refractivity contribution in [1.29, 1.82) is 0 Å². The molecule has 2 nitrogen and oxygen atoms in total. The van der Waals surface area contributed by atoms with Crippen molar-refractivity contribution in [3.63, 3.8) is 0 Å². The molecule has 0 spiro atoms. The summed E-state index contributed by atoms with van der Waals surface area (Å²) in [6, 6.07) is 0. The minimum Gasteiger partial charge on any atom is -0.465 e. The van der Waals surface area contributed by atoms with Gasteiger partial charge in [0.1, 0.15) is 0 Å². The fraction of sp³-hybridized carbons (Fsp3) is 0.875. The molecule has 0 unspecified atom stereocenters. The van der Waals surface area contributed by atoms with Crippen LogP contribution in [0.2, 0.25) is 0 Å². The quantitative estimate of drug-likeness (QED) is 0.559. The standard InChI is InChI=1S/C8H14O2/c1-2-3-8(9)10-6-7-4-5-7/h7H,2-6H2,1H3. The van der Waals surface area contributed by atoms with Crippen LogP contribution in [0.1, 0.15) is 32.6 Å². The maximum absolute atomic E-state index is 10.8. The normalized spacial score (nSPS) is 16.9. The summed E-state index contributed by atoms with van der Waals surface area (Å²) in [6.07, 6.45) is 3.97. The van der Waals surface area contributed by atoms with Gasteiger partial charge in [-0.3, -0.25) is 4.79 Å². The molecule has 2 heteroatoms. The van der Waals surface area contributed by atoms with Crippen LogP contribution < -0.4 is 0 Å². The molecular formula is C8H14O2. The fourth-order valence-corrected chi connectivity index (χ4v) is 0.772. The van der Waals surface area contributed by atoms with E-state index in [1.165, 1.54) is 12.8 Å². The van der Waals surface area contributed by atoms with Crippen molar-refractivity contribution in [3.05, 3.63) is 0 Å². The smallest absolute Gasteiger partial charge is 0.305 e. The highest BCUT2D eigenvalue weighted by Crippen LogP contribution is 2.28. The minimum absolute atomic E-state index is 0.0330. The van der Waals surface area contributed by atoms with Crippen LogP contribution in [0.3, 0.4) is 0 Å². The average Bonchev–Trinajstić information content (AvgIpc) is 2.67. The van der Waals surface area contributed by atoms with Gasteiger partial charge < -0.3 is 4.74 Å². The third kappa shape index (κ3) is 2.85. The molecule has 1 aliphatic carbocycles. The first-order valence-electron chi connectivity index (χ1n) is 3.98. The number of carbonyl (C=O) groups is 1. The Morgan fingerprint density at radius 1 is 1.60 bits per heavy atom. The van der Waals surface area contributed by atoms with Crippen molar-refractivity contribution in [2.75, 3.05) is 6.61 Å². The number of rotatable bonds is 4. The average molecular weight is 142 g/mol. The monoisotopic (exact) mass is 142 g/mol. The molecule has 10 heavy (non-hydrogen) atoms. The van der Waals surface area contributed by atoms with E-state index in [1.54, 1.807) is 0 Å². The molecule has 0 aromatic heterocycles. The summed E-state index contributed by atoms with van der Waals surface area (Å²) in [6.45, 7) is 2.65. The zero-order valence-corrected chi connectivity index (χ0v) is 6.43. The van der Waals surface area contributed by atoms with Crippen molar-refractivity contribution in [2.24, 2.45) is 5.92 Å². The lowest BCUT2D eigenvalue weighted by molar-refractivity contribution is -0.144. The molecule has 1 saturated carbocycles. The molecule has 1 aliphatic rings. The Morgan fingerprint density at radius 2 is 2.30 bits per heavy atom. The van der Waals surface area contributed by atoms with Crippen LogP contribution in [0, 0.1) is 5.92 Å². The number of esters is 1. The summed E-state index contributed by atoms with van der Waals surface area (Å²) in [5.41, 5.74) is 0. The van der Waals surface area contributed by atoms with Crippen molar-refractivity contribution in [2.45, 2.75) is 32.6 Å². The van der Waals surface area contributed by atoms with Gasteiger partial charge in [-0.15, -0.1) is 0 Å². The Hall–Kier alpha value is -0.530. The van der Waals surface area contributed by atoms with Crippen LogP contribution in [0.15, 0.2) is 0 Å². The van der Waals surface area contributed by atoms with E-state index in [2.05, 4.69) is 0 Å². The fourth-order valence-electron chi connectivity index (χ4n) is 0.772. The van der Waals surface area contributed by atoms with Gasteiger partial charge in [0.2, 0.25) is 0 Å². The molecule has 1 fully saturated rings. The largest absolute Gasteiger partial charge is 0.465 e. The molecule has 0 heterocycles. The predicted molar refractivity (Wildman–Crippen MR) is 38.6 cm³/mol. The lowest BCUT2D eigenvalue weighted by Crippen LogP contribution is -2.05. The van der Waals surface area contributed by atoms with Crippen LogP contribution >= 0.6 is 0 Å². The molecule has 0 atom stereocenters. The zero-order valence-electron chi connectivity index (χ0n) is 6.43. The highest BCUT2D eigenvalue weighted by molar-refractivity contribution is 5.69. The Balaban J connectivity index is 1.94. The van der Waals surface area contributed by atoms with E-state index >= 15 is 0 Å². The van der Waals surface area contributed by atoms with Gasteiger partial charge in [0, 0.05) is 6.42 Å². The minimum atomic E-state index is -0.0330. The zero-order chi connectivity index (χ0) is 7.40. The first kappa shape index (κ1) is 7.58. The van der Waals surface area contributed by atoms with E-state index in [4.69, 9.17) is 4.74 Å². The molecule has 58 valence electrons. The third-order valence-corrected chi connectivity index (χ3v) is 1.63. The lowest BCUT2D eigenvalue weighted by atomic mass is 10.3. The summed E-state index contributed by atoms with van der Waals surface area (Å²) in [5, 5.41) is 0. The number of hydrogen-bond donors (Lipinski definition) is 0. The van der Waals surface area contributed by atoms with Gasteiger partial charge in [0.05, 0.1) is 6.61 Å². The molecular weight excluding hydrogens is 128 g/mol. The third-order valence-electron chi connectivity index (χ3n) is 1.63. The Bertz CT molecular complexity index is 116. The number of ether oxygens (including phenoxy) is 1. The van der Waals surface area contributed by atoms with E-state index in [1.807, 2.05) is 6.92 Å². The predicted octanol–water partition coefficient (Wildman–Crippen LogP) is 1.74. The number of carbonyl (C=O) groups excluding carboxylic acids is 1. The molecule has 0 aromatic rings. The molecule has 0 amide bonds. The summed E-state index contributed by atoms with van der Waals surface area (Å²) in [4.78, 5) is 10.8. The molecule has 0 radical (unpaired) electrons. The van der Waals surface area contributed by atoms with Crippen LogP contribution in [0.5, 0.6) is 0 Å². The summed E-state index contributed by atoms with van der Waals surface area (Å²) in [5.74, 6) is 0.662. The topological polar surface area (TPSA) is 26.3 Å². The molecule has 0 aliphatic heterocycles. The van der Waals surface area contributed by atoms with Gasteiger partial charge in [-0.1, -0.05) is 6.92 Å². The lowest BCUT2D eigenvalue weighted by Gasteiger charge is -2.00. The summed E-state index contributed by atoms with van der Waals surface area (Å²) in [7, 11) is 0. The van der Waals surface area contributed by atoms with Crippen LogP contribution in [0.25, 0.3) is 0 Å². The van der Waals surface area contributed by atoms with Gasteiger partial charge in [-0.2, -0.15) is 0 Å². The Morgan fingerprint density at radius 3 is 2.80 bits per heavy atom. The summed E-state index contributed by atoms with van der Waals surface area (Å²) < 4.78 is 4.97. The van der Waals surface area contributed by atoms with Gasteiger partial charge in [-0.05, 0) is 25.2 Å². The maximum atomic E-state index is 10.8. The van der Waals surface area contributed by atoms with E-state index < -0.39 is 0 Å². The number of hydrogen-bond acceptors (Lipinski definition) is 2. The second-order valence-corrected chi connectivity index (χ2v) is 2.88. The molecule has 0 aromatic carbocycles.